The number of aliphatic hydroxyl groups excluding tert-OH is 2. The van der Waals surface area contributed by atoms with E-state index in [1.165, 1.54) is 0 Å². The van der Waals surface area contributed by atoms with Gasteiger partial charge in [-0.05, 0) is 25.2 Å². The quantitative estimate of drug-likeness (QED) is 0.467. The minimum atomic E-state index is -0.868. The number of aliphatic carboxylic acids is 1. The summed E-state index contributed by atoms with van der Waals surface area (Å²) >= 11 is 0. The molecule has 0 heterocycles. The first-order chi connectivity index (χ1) is 9.04. The summed E-state index contributed by atoms with van der Waals surface area (Å²) in [6.07, 6.45) is 8.17. The Morgan fingerprint density at radius 2 is 2.11 bits per heavy atom. The van der Waals surface area contributed by atoms with Crippen molar-refractivity contribution in [2.75, 3.05) is 0 Å². The Balaban J connectivity index is 2.43. The third-order valence-corrected chi connectivity index (χ3v) is 3.93. The first-order valence-corrected chi connectivity index (χ1v) is 7.30. The summed E-state index contributed by atoms with van der Waals surface area (Å²) in [5.41, 5.74) is 0. The summed E-state index contributed by atoms with van der Waals surface area (Å²) in [6.45, 7) is 2.12. The molecule has 110 valence electrons. The van der Waals surface area contributed by atoms with Crippen molar-refractivity contribution >= 4 is 5.97 Å². The second-order valence-electron chi connectivity index (χ2n) is 5.52. The molecule has 1 aliphatic carbocycles. The first-order valence-electron chi connectivity index (χ1n) is 7.30. The number of carbonyl (C=O) groups is 1. The Kier molecular flexibility index (Phi) is 7.10. The van der Waals surface area contributed by atoms with Gasteiger partial charge in [-0.3, -0.25) is 4.79 Å². The van der Waals surface area contributed by atoms with Crippen LogP contribution in [0.3, 0.4) is 0 Å². The molecule has 2 unspecified atom stereocenters. The van der Waals surface area contributed by atoms with Crippen molar-refractivity contribution in [3.63, 3.8) is 0 Å². The van der Waals surface area contributed by atoms with Crippen molar-refractivity contribution < 1.29 is 20.1 Å². The largest absolute Gasteiger partial charge is 0.481 e. The van der Waals surface area contributed by atoms with Crippen LogP contribution in [0, 0.1) is 11.8 Å². The molecule has 0 saturated heterocycles. The molecule has 0 aromatic rings. The molecule has 19 heavy (non-hydrogen) atoms. The molecule has 1 aliphatic rings. The van der Waals surface area contributed by atoms with Gasteiger partial charge in [0.05, 0.1) is 18.6 Å². The molecule has 0 spiro atoms. The predicted octanol–water partition coefficient (Wildman–Crippen LogP) is 2.35. The monoisotopic (exact) mass is 270 g/mol. The van der Waals surface area contributed by atoms with Crippen LogP contribution in [0.1, 0.15) is 51.9 Å². The van der Waals surface area contributed by atoms with E-state index in [1.54, 1.807) is 6.08 Å². The molecule has 3 N–H and O–H groups in total. The second-order valence-corrected chi connectivity index (χ2v) is 5.52. The molecule has 1 saturated carbocycles. The van der Waals surface area contributed by atoms with Crippen LogP contribution in [0.4, 0.5) is 0 Å². The van der Waals surface area contributed by atoms with Crippen LogP contribution in [-0.2, 0) is 4.79 Å². The summed E-state index contributed by atoms with van der Waals surface area (Å²) in [4.78, 5) is 10.8. The Morgan fingerprint density at radius 3 is 2.74 bits per heavy atom. The fourth-order valence-electron chi connectivity index (χ4n) is 2.78. The fraction of sp³-hybridized carbons (Fsp3) is 0.800. The number of carboxylic acid groups (broad SMARTS) is 1. The highest BCUT2D eigenvalue weighted by Gasteiger charge is 2.34. The Hall–Kier alpha value is -0.870. The lowest BCUT2D eigenvalue weighted by Crippen LogP contribution is -2.21. The molecule has 4 atom stereocenters. The van der Waals surface area contributed by atoms with Crippen molar-refractivity contribution in [1.82, 2.24) is 0 Å². The number of aliphatic hydroxyl groups is 2. The standard InChI is InChI=1S/C15H26O4/c1-2-3-4-5-12(16)8-6-11-7-9-14(17)13(11)10-15(18)19/h6,8,11-14,16-17H,2-5,7,9-10H2,1H3,(H,18,19)/t11?,12?,13-,14+/m1/s1. The van der Waals surface area contributed by atoms with Crippen molar-refractivity contribution in [1.29, 1.82) is 0 Å². The number of carboxylic acids is 1. The lowest BCUT2D eigenvalue weighted by molar-refractivity contribution is -0.139. The van der Waals surface area contributed by atoms with Crippen LogP contribution in [0.25, 0.3) is 0 Å². The Morgan fingerprint density at radius 1 is 1.37 bits per heavy atom. The lowest BCUT2D eigenvalue weighted by Gasteiger charge is -2.17. The van der Waals surface area contributed by atoms with Gasteiger partial charge >= 0.3 is 5.97 Å². The lowest BCUT2D eigenvalue weighted by atomic mass is 9.91. The van der Waals surface area contributed by atoms with E-state index >= 15 is 0 Å². The molecule has 0 bridgehead atoms. The molecule has 4 heteroatoms. The Labute approximate surface area is 115 Å². The zero-order valence-electron chi connectivity index (χ0n) is 11.7. The summed E-state index contributed by atoms with van der Waals surface area (Å²) in [5.74, 6) is -1.00. The van der Waals surface area contributed by atoms with E-state index in [2.05, 4.69) is 6.92 Å². The molecule has 1 rings (SSSR count). The first kappa shape index (κ1) is 16.2. The van der Waals surface area contributed by atoms with Gasteiger partial charge in [0.1, 0.15) is 0 Å². The molecule has 0 aliphatic heterocycles. The van der Waals surface area contributed by atoms with Crippen molar-refractivity contribution in [2.24, 2.45) is 11.8 Å². The molecule has 0 aromatic carbocycles. The molecule has 1 fully saturated rings. The molecular weight excluding hydrogens is 244 g/mol. The SMILES string of the molecule is CCCCCC(O)C=CC1CC[C@H](O)[C@@H]1CC(=O)O. The molecular formula is C15H26O4. The molecule has 4 nitrogen and oxygen atoms in total. The Bertz CT molecular complexity index is 301. The zero-order valence-corrected chi connectivity index (χ0v) is 11.7. The van der Waals surface area contributed by atoms with E-state index in [1.807, 2.05) is 6.08 Å². The van der Waals surface area contributed by atoms with Gasteiger partial charge < -0.3 is 15.3 Å². The van der Waals surface area contributed by atoms with Crippen LogP contribution in [-0.4, -0.2) is 33.5 Å². The van der Waals surface area contributed by atoms with Crippen molar-refractivity contribution in [3.8, 4) is 0 Å². The van der Waals surface area contributed by atoms with E-state index in [9.17, 15) is 15.0 Å². The van der Waals surface area contributed by atoms with Gasteiger partial charge in [0.15, 0.2) is 0 Å². The predicted molar refractivity (Wildman–Crippen MR) is 73.8 cm³/mol. The average Bonchev–Trinajstić information content (AvgIpc) is 2.68. The summed E-state index contributed by atoms with van der Waals surface area (Å²) in [5, 5.41) is 28.4. The van der Waals surface area contributed by atoms with Crippen LogP contribution < -0.4 is 0 Å². The topological polar surface area (TPSA) is 77.8 Å². The van der Waals surface area contributed by atoms with Gasteiger partial charge in [0.25, 0.3) is 0 Å². The van der Waals surface area contributed by atoms with Crippen molar-refractivity contribution in [2.45, 2.75) is 64.1 Å². The minimum Gasteiger partial charge on any atom is -0.481 e. The van der Waals surface area contributed by atoms with Crippen molar-refractivity contribution in [3.05, 3.63) is 12.2 Å². The summed E-state index contributed by atoms with van der Waals surface area (Å²) in [7, 11) is 0. The number of hydrogen-bond acceptors (Lipinski definition) is 3. The summed E-state index contributed by atoms with van der Waals surface area (Å²) < 4.78 is 0. The van der Waals surface area contributed by atoms with Gasteiger partial charge in [-0.2, -0.15) is 0 Å². The van der Waals surface area contributed by atoms with Gasteiger partial charge in [-0.25, -0.2) is 0 Å². The smallest absolute Gasteiger partial charge is 0.303 e. The maximum absolute atomic E-state index is 10.8. The number of hydrogen-bond donors (Lipinski definition) is 3. The van der Waals surface area contributed by atoms with E-state index in [0.29, 0.717) is 6.42 Å². The maximum atomic E-state index is 10.8. The van der Waals surface area contributed by atoms with E-state index in [-0.39, 0.29) is 18.3 Å². The minimum absolute atomic E-state index is 0.00209. The average molecular weight is 270 g/mol. The highest BCUT2D eigenvalue weighted by molar-refractivity contribution is 5.67. The van der Waals surface area contributed by atoms with E-state index in [0.717, 1.165) is 32.1 Å². The van der Waals surface area contributed by atoms with Crippen LogP contribution in [0.2, 0.25) is 0 Å². The highest BCUT2D eigenvalue weighted by Crippen LogP contribution is 2.35. The van der Waals surface area contributed by atoms with Crippen LogP contribution >= 0.6 is 0 Å². The maximum Gasteiger partial charge on any atom is 0.303 e. The number of allylic oxidation sites excluding steroid dienone is 1. The highest BCUT2D eigenvalue weighted by atomic mass is 16.4. The van der Waals surface area contributed by atoms with Crippen LogP contribution in [0.15, 0.2) is 12.2 Å². The van der Waals surface area contributed by atoms with Gasteiger partial charge in [-0.15, -0.1) is 0 Å². The summed E-state index contributed by atoms with van der Waals surface area (Å²) in [6, 6.07) is 0. The van der Waals surface area contributed by atoms with Crippen LogP contribution in [0.5, 0.6) is 0 Å². The normalized spacial score (nSPS) is 28.9. The fourth-order valence-corrected chi connectivity index (χ4v) is 2.78. The van der Waals surface area contributed by atoms with Gasteiger partial charge in [-0.1, -0.05) is 38.3 Å². The zero-order chi connectivity index (χ0) is 14.3. The number of unbranched alkanes of at least 4 members (excludes halogenated alkanes) is 2. The van der Waals surface area contributed by atoms with Gasteiger partial charge in [0, 0.05) is 5.92 Å². The third kappa shape index (κ3) is 5.74. The molecule has 0 amide bonds. The molecule has 0 aromatic heterocycles. The van der Waals surface area contributed by atoms with E-state index in [4.69, 9.17) is 5.11 Å². The van der Waals surface area contributed by atoms with Gasteiger partial charge in [0.2, 0.25) is 0 Å². The van der Waals surface area contributed by atoms with E-state index < -0.39 is 18.2 Å². The third-order valence-electron chi connectivity index (χ3n) is 3.93. The number of rotatable bonds is 8. The second kappa shape index (κ2) is 8.33. The molecule has 0 radical (unpaired) electrons.